The van der Waals surface area contributed by atoms with Gasteiger partial charge in [0.15, 0.2) is 0 Å². The SMILES string of the molecule is Cc1ccccc1C1(NC(=O)N2CCCC(CO)(CN(C)C)C2)CC1. The highest BCUT2D eigenvalue weighted by Crippen LogP contribution is 2.47. The highest BCUT2D eigenvalue weighted by Gasteiger charge is 2.48. The van der Waals surface area contributed by atoms with Gasteiger partial charge in [-0.3, -0.25) is 0 Å². The molecule has 0 radical (unpaired) electrons. The summed E-state index contributed by atoms with van der Waals surface area (Å²) in [5.41, 5.74) is 2.07. The van der Waals surface area contributed by atoms with Crippen LogP contribution >= 0.6 is 0 Å². The molecule has 1 aromatic carbocycles. The Bertz CT molecular complexity index is 627. The third-order valence-corrected chi connectivity index (χ3v) is 5.69. The van der Waals surface area contributed by atoms with Crippen molar-refractivity contribution in [2.24, 2.45) is 5.41 Å². The number of benzene rings is 1. The monoisotopic (exact) mass is 345 g/mol. The lowest BCUT2D eigenvalue weighted by Gasteiger charge is -2.43. The molecule has 0 aromatic heterocycles. The molecular formula is C20H31N3O2. The summed E-state index contributed by atoms with van der Waals surface area (Å²) in [4.78, 5) is 17.0. The van der Waals surface area contributed by atoms with Gasteiger partial charge in [0.1, 0.15) is 0 Å². The normalized spacial score (nSPS) is 25.1. The first-order valence-corrected chi connectivity index (χ1v) is 9.29. The Hall–Kier alpha value is -1.59. The molecular weight excluding hydrogens is 314 g/mol. The van der Waals surface area contributed by atoms with Crippen molar-refractivity contribution in [2.45, 2.75) is 38.1 Å². The van der Waals surface area contributed by atoms with Crippen LogP contribution in [0.25, 0.3) is 0 Å². The van der Waals surface area contributed by atoms with Crippen LogP contribution in [0.1, 0.15) is 36.8 Å². The highest BCUT2D eigenvalue weighted by molar-refractivity contribution is 5.76. The van der Waals surface area contributed by atoms with Crippen molar-refractivity contribution in [1.82, 2.24) is 15.1 Å². The van der Waals surface area contributed by atoms with Gasteiger partial charge in [-0.15, -0.1) is 0 Å². The molecule has 1 aromatic rings. The van der Waals surface area contributed by atoms with Crippen molar-refractivity contribution >= 4 is 6.03 Å². The molecule has 1 unspecified atom stereocenters. The number of nitrogens with one attached hydrogen (secondary N) is 1. The van der Waals surface area contributed by atoms with Gasteiger partial charge in [-0.05, 0) is 57.8 Å². The van der Waals surface area contributed by atoms with Crippen LogP contribution in [0.15, 0.2) is 24.3 Å². The molecule has 0 spiro atoms. The van der Waals surface area contributed by atoms with Gasteiger partial charge in [0.05, 0.1) is 12.1 Å². The average molecular weight is 345 g/mol. The van der Waals surface area contributed by atoms with Crippen LogP contribution in [-0.4, -0.2) is 61.3 Å². The molecule has 138 valence electrons. The second kappa shape index (κ2) is 6.96. The van der Waals surface area contributed by atoms with E-state index in [0.29, 0.717) is 6.54 Å². The molecule has 1 heterocycles. The van der Waals surface area contributed by atoms with Crippen LogP contribution in [0.4, 0.5) is 4.79 Å². The maximum atomic E-state index is 12.9. The fourth-order valence-corrected chi connectivity index (χ4v) is 4.34. The lowest BCUT2D eigenvalue weighted by atomic mass is 9.80. The first-order valence-electron chi connectivity index (χ1n) is 9.29. The van der Waals surface area contributed by atoms with Crippen molar-refractivity contribution < 1.29 is 9.90 Å². The fourth-order valence-electron chi connectivity index (χ4n) is 4.34. The zero-order valence-corrected chi connectivity index (χ0v) is 15.7. The molecule has 0 bridgehead atoms. The Balaban J connectivity index is 1.70. The summed E-state index contributed by atoms with van der Waals surface area (Å²) < 4.78 is 0. The molecule has 3 rings (SSSR count). The third kappa shape index (κ3) is 3.82. The predicted molar refractivity (Wildman–Crippen MR) is 99.5 cm³/mol. The standard InChI is InChI=1S/C20H31N3O2/c1-16-7-4-5-8-17(16)20(10-11-20)21-18(25)23-12-6-9-19(14-23,15-24)13-22(2)3/h4-5,7-8,24H,6,9-15H2,1-3H3,(H,21,25). The van der Waals surface area contributed by atoms with E-state index in [2.05, 4.69) is 29.3 Å². The fraction of sp³-hybridized carbons (Fsp3) is 0.650. The summed E-state index contributed by atoms with van der Waals surface area (Å²) in [6, 6.07) is 8.33. The van der Waals surface area contributed by atoms with Gasteiger partial charge in [0, 0.05) is 25.0 Å². The average Bonchev–Trinajstić information content (AvgIpc) is 3.35. The summed E-state index contributed by atoms with van der Waals surface area (Å²) in [7, 11) is 4.04. The second-order valence-corrected chi connectivity index (χ2v) is 8.25. The Labute approximate surface area is 151 Å². The van der Waals surface area contributed by atoms with E-state index in [4.69, 9.17) is 0 Å². The summed E-state index contributed by atoms with van der Waals surface area (Å²) in [5, 5.41) is 13.3. The Morgan fingerprint density at radius 2 is 2.00 bits per heavy atom. The van der Waals surface area contributed by atoms with E-state index in [-0.39, 0.29) is 23.6 Å². The molecule has 2 aliphatic rings. The van der Waals surface area contributed by atoms with E-state index in [1.807, 2.05) is 31.1 Å². The minimum Gasteiger partial charge on any atom is -0.396 e. The second-order valence-electron chi connectivity index (χ2n) is 8.25. The quantitative estimate of drug-likeness (QED) is 0.861. The number of carbonyl (C=O) groups is 1. The minimum atomic E-state index is -0.210. The van der Waals surface area contributed by atoms with Crippen molar-refractivity contribution in [1.29, 1.82) is 0 Å². The van der Waals surface area contributed by atoms with Crippen LogP contribution in [0.3, 0.4) is 0 Å². The number of hydrogen-bond acceptors (Lipinski definition) is 3. The van der Waals surface area contributed by atoms with Crippen LogP contribution in [0.5, 0.6) is 0 Å². The highest BCUT2D eigenvalue weighted by atomic mass is 16.3. The van der Waals surface area contributed by atoms with E-state index < -0.39 is 0 Å². The summed E-state index contributed by atoms with van der Waals surface area (Å²) >= 11 is 0. The van der Waals surface area contributed by atoms with E-state index in [1.165, 1.54) is 11.1 Å². The number of urea groups is 1. The number of hydrogen-bond donors (Lipinski definition) is 2. The van der Waals surface area contributed by atoms with Gasteiger partial charge in [-0.25, -0.2) is 4.79 Å². The van der Waals surface area contributed by atoms with E-state index in [0.717, 1.165) is 38.8 Å². The van der Waals surface area contributed by atoms with Crippen molar-refractivity contribution in [3.05, 3.63) is 35.4 Å². The number of nitrogens with zero attached hydrogens (tertiary/aromatic N) is 2. The van der Waals surface area contributed by atoms with E-state index >= 15 is 0 Å². The number of carbonyl (C=O) groups excluding carboxylic acids is 1. The number of rotatable bonds is 5. The Kier molecular flexibility index (Phi) is 5.07. The van der Waals surface area contributed by atoms with Gasteiger partial charge < -0.3 is 20.2 Å². The lowest BCUT2D eigenvalue weighted by molar-refractivity contribution is 0.0265. The van der Waals surface area contributed by atoms with Gasteiger partial charge >= 0.3 is 6.03 Å². The maximum absolute atomic E-state index is 12.9. The number of aliphatic hydroxyl groups is 1. The van der Waals surface area contributed by atoms with Crippen LogP contribution < -0.4 is 5.32 Å². The van der Waals surface area contributed by atoms with Gasteiger partial charge in [-0.2, -0.15) is 0 Å². The summed E-state index contributed by atoms with van der Waals surface area (Å²) in [5.74, 6) is 0. The first-order chi connectivity index (χ1) is 11.9. The van der Waals surface area contributed by atoms with Crippen molar-refractivity contribution in [2.75, 3.05) is 40.3 Å². The molecule has 5 heteroatoms. The molecule has 25 heavy (non-hydrogen) atoms. The van der Waals surface area contributed by atoms with Crippen LogP contribution in [0.2, 0.25) is 0 Å². The Morgan fingerprint density at radius 1 is 1.28 bits per heavy atom. The minimum absolute atomic E-state index is 0.0111. The number of likely N-dealkylation sites (tertiary alicyclic amines) is 1. The number of amides is 2. The van der Waals surface area contributed by atoms with Crippen LogP contribution in [0, 0.1) is 12.3 Å². The number of aliphatic hydroxyl groups excluding tert-OH is 1. The summed E-state index contributed by atoms with van der Waals surface area (Å²) in [6.07, 6.45) is 3.91. The molecule has 1 aliphatic heterocycles. The molecule has 1 saturated heterocycles. The zero-order valence-electron chi connectivity index (χ0n) is 15.7. The van der Waals surface area contributed by atoms with Crippen LogP contribution in [-0.2, 0) is 5.54 Å². The first kappa shape index (κ1) is 18.2. The smallest absolute Gasteiger partial charge is 0.318 e. The van der Waals surface area contributed by atoms with E-state index in [9.17, 15) is 9.90 Å². The largest absolute Gasteiger partial charge is 0.396 e. The van der Waals surface area contributed by atoms with Gasteiger partial charge in [0.25, 0.3) is 0 Å². The lowest BCUT2D eigenvalue weighted by Crippen LogP contribution is -2.55. The maximum Gasteiger partial charge on any atom is 0.318 e. The third-order valence-electron chi connectivity index (χ3n) is 5.69. The van der Waals surface area contributed by atoms with Gasteiger partial charge in [0.2, 0.25) is 0 Å². The molecule has 1 aliphatic carbocycles. The Morgan fingerprint density at radius 3 is 2.60 bits per heavy atom. The number of piperidine rings is 1. The molecule has 2 fully saturated rings. The van der Waals surface area contributed by atoms with E-state index in [1.54, 1.807) is 0 Å². The molecule has 1 saturated carbocycles. The number of aryl methyl sites for hydroxylation is 1. The van der Waals surface area contributed by atoms with Gasteiger partial charge in [-0.1, -0.05) is 24.3 Å². The zero-order chi connectivity index (χ0) is 18.1. The summed E-state index contributed by atoms with van der Waals surface area (Å²) in [6.45, 7) is 4.42. The van der Waals surface area contributed by atoms with Crippen molar-refractivity contribution in [3.63, 3.8) is 0 Å². The molecule has 1 atom stereocenters. The molecule has 5 nitrogen and oxygen atoms in total. The van der Waals surface area contributed by atoms with Crippen molar-refractivity contribution in [3.8, 4) is 0 Å². The molecule has 2 amide bonds. The predicted octanol–water partition coefficient (Wildman–Crippen LogP) is 2.33. The topological polar surface area (TPSA) is 55.8 Å². The molecule has 2 N–H and O–H groups in total.